The first-order valence-corrected chi connectivity index (χ1v) is 6.66. The number of aryl methyl sites for hydroxylation is 1. The topological polar surface area (TPSA) is 59.1 Å². The van der Waals surface area contributed by atoms with Gasteiger partial charge in [-0.05, 0) is 20.8 Å². The van der Waals surface area contributed by atoms with E-state index >= 15 is 0 Å². The van der Waals surface area contributed by atoms with Crippen LogP contribution in [0.4, 0.5) is 11.6 Å². The van der Waals surface area contributed by atoms with E-state index in [0.717, 1.165) is 43.6 Å². The molecule has 1 aromatic heterocycles. The van der Waals surface area contributed by atoms with Crippen LogP contribution in [0.1, 0.15) is 33.5 Å². The van der Waals surface area contributed by atoms with E-state index in [-0.39, 0.29) is 6.10 Å². The van der Waals surface area contributed by atoms with Gasteiger partial charge in [0, 0.05) is 32.2 Å². The third-order valence-corrected chi connectivity index (χ3v) is 2.47. The van der Waals surface area contributed by atoms with Gasteiger partial charge in [0.05, 0.1) is 6.10 Å². The molecule has 0 aromatic carbocycles. The summed E-state index contributed by atoms with van der Waals surface area (Å²) >= 11 is 0. The second kappa shape index (κ2) is 7.87. The Kier molecular flexibility index (Phi) is 6.43. The quantitative estimate of drug-likeness (QED) is 0.743. The summed E-state index contributed by atoms with van der Waals surface area (Å²) < 4.78 is 5.48. The summed E-state index contributed by atoms with van der Waals surface area (Å²) in [6.07, 6.45) is 1.01. The molecular formula is C13H24N4O. The molecule has 0 amide bonds. The largest absolute Gasteiger partial charge is 0.377 e. The molecule has 0 saturated carbocycles. The zero-order valence-electron chi connectivity index (χ0n) is 11.8. The smallest absolute Gasteiger partial charge is 0.132 e. The molecular weight excluding hydrogens is 228 g/mol. The van der Waals surface area contributed by atoms with Crippen LogP contribution in [0.2, 0.25) is 0 Å². The van der Waals surface area contributed by atoms with Crippen molar-refractivity contribution in [3.05, 3.63) is 11.9 Å². The van der Waals surface area contributed by atoms with E-state index in [1.807, 2.05) is 19.9 Å². The number of hydrogen-bond acceptors (Lipinski definition) is 5. The first kappa shape index (κ1) is 14.7. The van der Waals surface area contributed by atoms with Crippen molar-refractivity contribution >= 4 is 11.6 Å². The molecule has 1 heterocycles. The number of aromatic nitrogens is 2. The standard InChI is InChI=1S/C13H24N4O/c1-5-11-16-12(14-6-2)8-13(17-11)15-9-10(4)18-7-3/h8,10H,5-7,9H2,1-4H3,(H2,14,15,16,17). The molecule has 0 saturated heterocycles. The average molecular weight is 252 g/mol. The van der Waals surface area contributed by atoms with Gasteiger partial charge in [-0.25, -0.2) is 9.97 Å². The van der Waals surface area contributed by atoms with Crippen molar-refractivity contribution in [3.63, 3.8) is 0 Å². The maximum absolute atomic E-state index is 5.48. The highest BCUT2D eigenvalue weighted by Gasteiger charge is 2.05. The highest BCUT2D eigenvalue weighted by atomic mass is 16.5. The van der Waals surface area contributed by atoms with Crippen molar-refractivity contribution in [2.45, 2.75) is 40.2 Å². The highest BCUT2D eigenvalue weighted by Crippen LogP contribution is 2.11. The monoisotopic (exact) mass is 252 g/mol. The van der Waals surface area contributed by atoms with Crippen molar-refractivity contribution in [1.82, 2.24) is 9.97 Å². The average Bonchev–Trinajstić information content (AvgIpc) is 2.37. The molecule has 1 aromatic rings. The molecule has 5 nitrogen and oxygen atoms in total. The molecule has 1 unspecified atom stereocenters. The van der Waals surface area contributed by atoms with Crippen LogP contribution in [0.5, 0.6) is 0 Å². The number of ether oxygens (including phenoxy) is 1. The molecule has 0 aliphatic heterocycles. The van der Waals surface area contributed by atoms with Crippen LogP contribution >= 0.6 is 0 Å². The van der Waals surface area contributed by atoms with E-state index in [4.69, 9.17) is 4.74 Å². The summed E-state index contributed by atoms with van der Waals surface area (Å²) in [5, 5.41) is 6.50. The second-order valence-corrected chi connectivity index (χ2v) is 4.09. The van der Waals surface area contributed by atoms with E-state index in [1.165, 1.54) is 0 Å². The Labute approximate surface area is 109 Å². The van der Waals surface area contributed by atoms with E-state index < -0.39 is 0 Å². The Morgan fingerprint density at radius 1 is 1.17 bits per heavy atom. The summed E-state index contributed by atoms with van der Waals surface area (Å²) in [6, 6.07) is 1.93. The minimum absolute atomic E-state index is 0.178. The van der Waals surface area contributed by atoms with Gasteiger partial charge in [0.25, 0.3) is 0 Å². The maximum atomic E-state index is 5.48. The van der Waals surface area contributed by atoms with Gasteiger partial charge in [-0.3, -0.25) is 0 Å². The number of anilines is 2. The lowest BCUT2D eigenvalue weighted by Crippen LogP contribution is -2.20. The maximum Gasteiger partial charge on any atom is 0.132 e. The highest BCUT2D eigenvalue weighted by molar-refractivity contribution is 5.47. The fraction of sp³-hybridized carbons (Fsp3) is 0.692. The number of nitrogens with zero attached hydrogens (tertiary/aromatic N) is 2. The van der Waals surface area contributed by atoms with Crippen LogP contribution in [0.25, 0.3) is 0 Å². The SMILES string of the molecule is CCNc1cc(NCC(C)OCC)nc(CC)n1. The number of rotatable bonds is 8. The van der Waals surface area contributed by atoms with Crippen molar-refractivity contribution in [2.75, 3.05) is 30.3 Å². The third kappa shape index (κ3) is 4.87. The van der Waals surface area contributed by atoms with Gasteiger partial charge in [0.15, 0.2) is 0 Å². The van der Waals surface area contributed by atoms with E-state index in [2.05, 4.69) is 34.4 Å². The van der Waals surface area contributed by atoms with Gasteiger partial charge in [0.1, 0.15) is 17.5 Å². The molecule has 18 heavy (non-hydrogen) atoms. The molecule has 1 atom stereocenters. The van der Waals surface area contributed by atoms with Crippen LogP contribution in [0.3, 0.4) is 0 Å². The van der Waals surface area contributed by atoms with E-state index in [0.29, 0.717) is 0 Å². The number of nitrogens with one attached hydrogen (secondary N) is 2. The molecule has 2 N–H and O–H groups in total. The summed E-state index contributed by atoms with van der Waals surface area (Å²) in [6.45, 7) is 10.5. The van der Waals surface area contributed by atoms with Gasteiger partial charge in [-0.1, -0.05) is 6.92 Å². The van der Waals surface area contributed by atoms with Crippen LogP contribution in [-0.2, 0) is 11.2 Å². The normalized spacial score (nSPS) is 12.2. The molecule has 0 fully saturated rings. The lowest BCUT2D eigenvalue weighted by molar-refractivity contribution is 0.0855. The molecule has 0 spiro atoms. The second-order valence-electron chi connectivity index (χ2n) is 4.09. The predicted molar refractivity (Wildman–Crippen MR) is 75.2 cm³/mol. The Morgan fingerprint density at radius 2 is 1.83 bits per heavy atom. The Balaban J connectivity index is 2.65. The van der Waals surface area contributed by atoms with Crippen LogP contribution < -0.4 is 10.6 Å². The zero-order valence-corrected chi connectivity index (χ0v) is 11.8. The Bertz CT molecular complexity index is 357. The van der Waals surface area contributed by atoms with Gasteiger partial charge < -0.3 is 15.4 Å². The Morgan fingerprint density at radius 3 is 2.39 bits per heavy atom. The lowest BCUT2D eigenvalue weighted by Gasteiger charge is -2.14. The van der Waals surface area contributed by atoms with Crippen LogP contribution in [0, 0.1) is 0 Å². The van der Waals surface area contributed by atoms with Crippen molar-refractivity contribution in [2.24, 2.45) is 0 Å². The van der Waals surface area contributed by atoms with Gasteiger partial charge >= 0.3 is 0 Å². The molecule has 0 aliphatic rings. The summed E-state index contributed by atoms with van der Waals surface area (Å²) in [7, 11) is 0. The summed E-state index contributed by atoms with van der Waals surface area (Å²) in [5.74, 6) is 2.57. The van der Waals surface area contributed by atoms with Gasteiger partial charge in [-0.15, -0.1) is 0 Å². The summed E-state index contributed by atoms with van der Waals surface area (Å²) in [5.41, 5.74) is 0. The first-order chi connectivity index (χ1) is 8.69. The zero-order chi connectivity index (χ0) is 13.4. The predicted octanol–water partition coefficient (Wildman–Crippen LogP) is 2.31. The molecule has 0 bridgehead atoms. The Hall–Kier alpha value is -1.36. The first-order valence-electron chi connectivity index (χ1n) is 6.66. The fourth-order valence-corrected chi connectivity index (χ4v) is 1.61. The van der Waals surface area contributed by atoms with Crippen molar-refractivity contribution in [1.29, 1.82) is 0 Å². The summed E-state index contributed by atoms with van der Waals surface area (Å²) in [4.78, 5) is 8.86. The van der Waals surface area contributed by atoms with Crippen LogP contribution in [-0.4, -0.2) is 35.8 Å². The molecule has 102 valence electrons. The van der Waals surface area contributed by atoms with Gasteiger partial charge in [-0.2, -0.15) is 0 Å². The minimum Gasteiger partial charge on any atom is -0.377 e. The fourth-order valence-electron chi connectivity index (χ4n) is 1.61. The van der Waals surface area contributed by atoms with E-state index in [1.54, 1.807) is 0 Å². The van der Waals surface area contributed by atoms with E-state index in [9.17, 15) is 0 Å². The van der Waals surface area contributed by atoms with Crippen molar-refractivity contribution in [3.8, 4) is 0 Å². The number of hydrogen-bond donors (Lipinski definition) is 2. The molecule has 5 heteroatoms. The van der Waals surface area contributed by atoms with Crippen molar-refractivity contribution < 1.29 is 4.74 Å². The van der Waals surface area contributed by atoms with Gasteiger partial charge in [0.2, 0.25) is 0 Å². The third-order valence-electron chi connectivity index (χ3n) is 2.47. The lowest BCUT2D eigenvalue weighted by atomic mass is 10.3. The van der Waals surface area contributed by atoms with Crippen LogP contribution in [0.15, 0.2) is 6.07 Å². The minimum atomic E-state index is 0.178. The molecule has 1 rings (SSSR count). The molecule has 0 aliphatic carbocycles. The molecule has 0 radical (unpaired) electrons.